The summed E-state index contributed by atoms with van der Waals surface area (Å²) in [6, 6.07) is 6.97. The molecule has 1 aromatic carbocycles. The topological polar surface area (TPSA) is 63.1 Å². The summed E-state index contributed by atoms with van der Waals surface area (Å²) in [4.78, 5) is 28.0. The number of anilines is 1. The number of nitrogens with one attached hydrogen (secondary N) is 2. The summed E-state index contributed by atoms with van der Waals surface area (Å²) in [5.41, 5.74) is 0.723. The van der Waals surface area contributed by atoms with Gasteiger partial charge >= 0.3 is 0 Å². The van der Waals surface area contributed by atoms with E-state index in [9.17, 15) is 9.59 Å². The number of hydrogen-bond acceptors (Lipinski definition) is 3. The molecule has 144 valence electrons. The second kappa shape index (κ2) is 9.03. The van der Waals surface area contributed by atoms with Gasteiger partial charge in [0.2, 0.25) is 0 Å². The Hall–Kier alpha value is -2.08. The highest BCUT2D eigenvalue weighted by Crippen LogP contribution is 2.21. The molecule has 2 amide bonds. The molecule has 0 saturated carbocycles. The lowest BCUT2D eigenvalue weighted by Gasteiger charge is -2.36. The van der Waals surface area contributed by atoms with Crippen LogP contribution < -0.4 is 15.0 Å². The van der Waals surface area contributed by atoms with E-state index in [0.717, 1.165) is 29.4 Å². The first-order valence-corrected chi connectivity index (χ1v) is 9.35. The van der Waals surface area contributed by atoms with Crippen LogP contribution in [0.15, 0.2) is 24.3 Å². The van der Waals surface area contributed by atoms with Crippen molar-refractivity contribution in [1.82, 2.24) is 4.90 Å². The Morgan fingerprint density at radius 1 is 1.23 bits per heavy atom. The summed E-state index contributed by atoms with van der Waals surface area (Å²) in [6.07, 6.45) is 1.17. The van der Waals surface area contributed by atoms with E-state index in [1.165, 1.54) is 6.42 Å². The zero-order chi connectivity index (χ0) is 19.3. The molecule has 1 unspecified atom stereocenters. The van der Waals surface area contributed by atoms with Crippen molar-refractivity contribution in [3.8, 4) is 5.75 Å². The van der Waals surface area contributed by atoms with E-state index in [0.29, 0.717) is 11.8 Å². The van der Waals surface area contributed by atoms with E-state index < -0.39 is 0 Å². The Morgan fingerprint density at radius 2 is 1.81 bits per heavy atom. The summed E-state index contributed by atoms with van der Waals surface area (Å²) in [6.45, 7) is 8.18. The molecule has 6 nitrogen and oxygen atoms in total. The highest BCUT2D eigenvalue weighted by atomic mass is 16.5. The van der Waals surface area contributed by atoms with E-state index in [1.807, 2.05) is 18.9 Å². The second-order valence-electron chi connectivity index (χ2n) is 7.71. The van der Waals surface area contributed by atoms with Crippen LogP contribution >= 0.6 is 0 Å². The minimum Gasteiger partial charge on any atom is -0.497 e. The van der Waals surface area contributed by atoms with Crippen molar-refractivity contribution in [1.29, 1.82) is 0 Å². The fourth-order valence-electron chi connectivity index (χ4n) is 3.61. The number of hydrogen-bond donors (Lipinski definition) is 2. The molecule has 6 heteroatoms. The average Bonchev–Trinajstić information content (AvgIpc) is 2.60. The molecule has 2 N–H and O–H groups in total. The molecule has 0 bridgehead atoms. The van der Waals surface area contributed by atoms with Gasteiger partial charge in [0, 0.05) is 18.8 Å². The molecular weight excluding hydrogens is 330 g/mol. The molecule has 0 aromatic heterocycles. The summed E-state index contributed by atoms with van der Waals surface area (Å²) in [7, 11) is 3.50. The van der Waals surface area contributed by atoms with E-state index in [2.05, 4.69) is 19.2 Å². The molecule has 2 rings (SSSR count). The van der Waals surface area contributed by atoms with Gasteiger partial charge in [-0.05, 0) is 49.4 Å². The van der Waals surface area contributed by atoms with E-state index in [4.69, 9.17) is 4.74 Å². The molecule has 0 aliphatic carbocycles. The molecule has 4 atom stereocenters. The fourth-order valence-corrected chi connectivity index (χ4v) is 3.61. The normalized spacial score (nSPS) is 22.4. The number of carbonyl (C=O) groups excluding carboxylic acids is 2. The standard InChI is InChI=1S/C20H31N3O3/c1-14-10-15(2)12-23(11-14)20(25)16(3)22(4)13-19(24)21-17-6-8-18(26-5)9-7-17/h6-9,14-16H,10-13H2,1-5H3,(H,21,24)/p+1/t14-,15-,16-/m1/s1. The fraction of sp³-hybridized carbons (Fsp3) is 0.600. The van der Waals surface area contributed by atoms with Crippen LogP contribution in [0.1, 0.15) is 27.2 Å². The molecular formula is C20H32N3O3+. The van der Waals surface area contributed by atoms with Crippen LogP contribution in [0.4, 0.5) is 5.69 Å². The number of likely N-dealkylation sites (N-methyl/N-ethyl adjacent to an activating group) is 1. The predicted octanol–water partition coefficient (Wildman–Crippen LogP) is 1.04. The number of piperidine rings is 1. The van der Waals surface area contributed by atoms with Crippen LogP contribution in [0.3, 0.4) is 0 Å². The maximum absolute atomic E-state index is 12.8. The van der Waals surface area contributed by atoms with Crippen molar-refractivity contribution in [3.05, 3.63) is 24.3 Å². The number of rotatable bonds is 6. The zero-order valence-corrected chi connectivity index (χ0v) is 16.5. The minimum atomic E-state index is -0.242. The van der Waals surface area contributed by atoms with Crippen molar-refractivity contribution < 1.29 is 19.2 Å². The van der Waals surface area contributed by atoms with Crippen molar-refractivity contribution in [3.63, 3.8) is 0 Å². The summed E-state index contributed by atoms with van der Waals surface area (Å²) in [5.74, 6) is 1.85. The molecule has 1 fully saturated rings. The minimum absolute atomic E-state index is 0.104. The van der Waals surface area contributed by atoms with Crippen LogP contribution in [0.2, 0.25) is 0 Å². The summed E-state index contributed by atoms with van der Waals surface area (Å²) in [5, 5.41) is 2.87. The third kappa shape index (κ3) is 5.46. The SMILES string of the molecule is COc1ccc(NC(=O)C[NH+](C)[C@H](C)C(=O)N2C[C@H](C)C[C@@H](C)C2)cc1. The van der Waals surface area contributed by atoms with Gasteiger partial charge in [-0.3, -0.25) is 9.59 Å². The van der Waals surface area contributed by atoms with Gasteiger partial charge in [0.15, 0.2) is 12.6 Å². The van der Waals surface area contributed by atoms with E-state index in [-0.39, 0.29) is 24.4 Å². The van der Waals surface area contributed by atoms with E-state index in [1.54, 1.807) is 31.4 Å². The highest BCUT2D eigenvalue weighted by Gasteiger charge is 2.32. The number of ether oxygens (including phenoxy) is 1. The van der Waals surface area contributed by atoms with Crippen molar-refractivity contribution in [2.24, 2.45) is 11.8 Å². The first-order valence-electron chi connectivity index (χ1n) is 9.35. The molecule has 1 aliphatic heterocycles. The Bertz CT molecular complexity index is 607. The van der Waals surface area contributed by atoms with Gasteiger partial charge in [-0.2, -0.15) is 0 Å². The monoisotopic (exact) mass is 362 g/mol. The zero-order valence-electron chi connectivity index (χ0n) is 16.5. The number of quaternary nitrogens is 1. The second-order valence-corrected chi connectivity index (χ2v) is 7.71. The molecule has 0 radical (unpaired) electrons. The van der Waals surface area contributed by atoms with Gasteiger partial charge in [-0.1, -0.05) is 13.8 Å². The number of carbonyl (C=O) groups is 2. The number of amides is 2. The number of methoxy groups -OCH3 is 1. The molecule has 1 aromatic rings. The van der Waals surface area contributed by atoms with Crippen molar-refractivity contribution in [2.45, 2.75) is 33.2 Å². The number of benzene rings is 1. The molecule has 1 heterocycles. The average molecular weight is 362 g/mol. The molecule has 1 saturated heterocycles. The van der Waals surface area contributed by atoms with Crippen LogP contribution in [0.25, 0.3) is 0 Å². The smallest absolute Gasteiger partial charge is 0.280 e. The Balaban J connectivity index is 1.87. The lowest BCUT2D eigenvalue weighted by Crippen LogP contribution is -3.15. The maximum atomic E-state index is 12.8. The first-order chi connectivity index (χ1) is 12.3. The van der Waals surface area contributed by atoms with Gasteiger partial charge in [-0.25, -0.2) is 0 Å². The third-order valence-corrected chi connectivity index (χ3v) is 5.10. The van der Waals surface area contributed by atoms with Crippen LogP contribution in [0, 0.1) is 11.8 Å². The van der Waals surface area contributed by atoms with Gasteiger partial charge < -0.3 is 19.9 Å². The quantitative estimate of drug-likeness (QED) is 0.795. The Labute approximate surface area is 156 Å². The van der Waals surface area contributed by atoms with Gasteiger partial charge in [0.25, 0.3) is 11.8 Å². The maximum Gasteiger partial charge on any atom is 0.280 e. The molecule has 0 spiro atoms. The predicted molar refractivity (Wildman–Crippen MR) is 102 cm³/mol. The molecule has 26 heavy (non-hydrogen) atoms. The van der Waals surface area contributed by atoms with Crippen LogP contribution in [-0.2, 0) is 9.59 Å². The van der Waals surface area contributed by atoms with E-state index >= 15 is 0 Å². The Kier molecular flexibility index (Phi) is 7.03. The largest absolute Gasteiger partial charge is 0.497 e. The van der Waals surface area contributed by atoms with Crippen molar-refractivity contribution in [2.75, 3.05) is 39.1 Å². The van der Waals surface area contributed by atoms with Gasteiger partial charge in [0.05, 0.1) is 14.2 Å². The van der Waals surface area contributed by atoms with Crippen LogP contribution in [-0.4, -0.2) is 56.5 Å². The summed E-state index contributed by atoms with van der Waals surface area (Å²) < 4.78 is 5.11. The van der Waals surface area contributed by atoms with Gasteiger partial charge in [0.1, 0.15) is 5.75 Å². The summed E-state index contributed by atoms with van der Waals surface area (Å²) >= 11 is 0. The highest BCUT2D eigenvalue weighted by molar-refractivity contribution is 5.91. The Morgan fingerprint density at radius 3 is 2.35 bits per heavy atom. The van der Waals surface area contributed by atoms with Gasteiger partial charge in [-0.15, -0.1) is 0 Å². The number of nitrogens with zero attached hydrogens (tertiary/aromatic N) is 1. The van der Waals surface area contributed by atoms with Crippen molar-refractivity contribution >= 4 is 17.5 Å². The third-order valence-electron chi connectivity index (χ3n) is 5.10. The van der Waals surface area contributed by atoms with Crippen LogP contribution in [0.5, 0.6) is 5.75 Å². The number of likely N-dealkylation sites (tertiary alicyclic amines) is 1. The lowest BCUT2D eigenvalue weighted by atomic mass is 9.91. The first kappa shape index (κ1) is 20.2. The molecule has 1 aliphatic rings. The lowest BCUT2D eigenvalue weighted by molar-refractivity contribution is -0.886.